The molecule has 1 saturated heterocycles. The highest BCUT2D eigenvalue weighted by molar-refractivity contribution is 6.30. The van der Waals surface area contributed by atoms with Crippen LogP contribution in [0.1, 0.15) is 50.5 Å². The van der Waals surface area contributed by atoms with Crippen molar-refractivity contribution in [2.75, 3.05) is 36.4 Å². The molecule has 0 saturated carbocycles. The minimum atomic E-state index is -0.297. The highest BCUT2D eigenvalue weighted by atomic mass is 35.5. The monoisotopic (exact) mass is 549 g/mol. The maximum Gasteiger partial charge on any atom is 0.321 e. The summed E-state index contributed by atoms with van der Waals surface area (Å²) in [4.78, 5) is 27.1. The lowest BCUT2D eigenvalue weighted by Crippen LogP contribution is -2.38. The second-order valence-corrected chi connectivity index (χ2v) is 10.5. The highest BCUT2D eigenvalue weighted by Crippen LogP contribution is 2.32. The van der Waals surface area contributed by atoms with E-state index in [2.05, 4.69) is 24.1 Å². The van der Waals surface area contributed by atoms with E-state index >= 15 is 0 Å². The van der Waals surface area contributed by atoms with Crippen LogP contribution in [0, 0.1) is 12.7 Å². The third kappa shape index (κ3) is 5.83. The SMILES string of the molecule is CCCC(C)c1nc(N2CCCN(C(=O)Nc3ccc(Cl)cc3)CC2)c2c(C)nn(-c3ccc(F)cc3)c2n1. The zero-order chi connectivity index (χ0) is 27.5. The van der Waals surface area contributed by atoms with Crippen molar-refractivity contribution < 1.29 is 9.18 Å². The third-order valence-corrected chi connectivity index (χ3v) is 7.36. The Morgan fingerprint density at radius 3 is 2.51 bits per heavy atom. The normalized spacial score (nSPS) is 14.9. The predicted molar refractivity (Wildman–Crippen MR) is 154 cm³/mol. The average Bonchev–Trinajstić information content (AvgIpc) is 3.09. The van der Waals surface area contributed by atoms with Crippen LogP contribution < -0.4 is 10.2 Å². The number of rotatable bonds is 6. The molecule has 204 valence electrons. The molecule has 3 heterocycles. The Labute approximate surface area is 232 Å². The van der Waals surface area contributed by atoms with Crippen LogP contribution in [0.15, 0.2) is 48.5 Å². The zero-order valence-corrected chi connectivity index (χ0v) is 23.2. The number of anilines is 2. The Balaban J connectivity index is 1.46. The molecule has 1 N–H and O–H groups in total. The fourth-order valence-electron chi connectivity index (χ4n) is 5.02. The Bertz CT molecular complexity index is 1460. The first-order chi connectivity index (χ1) is 18.8. The van der Waals surface area contributed by atoms with Crippen LogP contribution in [0.4, 0.5) is 20.7 Å². The van der Waals surface area contributed by atoms with Gasteiger partial charge in [-0.2, -0.15) is 5.10 Å². The van der Waals surface area contributed by atoms with Gasteiger partial charge in [-0.05, 0) is 68.3 Å². The number of hydrogen-bond acceptors (Lipinski definition) is 5. The first kappa shape index (κ1) is 26.9. The molecule has 5 rings (SSSR count). The molecule has 0 aliphatic carbocycles. The Hall–Kier alpha value is -3.72. The molecular weight excluding hydrogens is 517 g/mol. The number of amides is 2. The lowest BCUT2D eigenvalue weighted by Gasteiger charge is -2.24. The van der Waals surface area contributed by atoms with E-state index in [9.17, 15) is 9.18 Å². The summed E-state index contributed by atoms with van der Waals surface area (Å²) in [6, 6.07) is 13.2. The number of nitrogens with one attached hydrogen (secondary N) is 1. The van der Waals surface area contributed by atoms with Crippen LogP contribution >= 0.6 is 11.6 Å². The molecule has 1 atom stereocenters. The quantitative estimate of drug-likeness (QED) is 0.294. The van der Waals surface area contributed by atoms with Gasteiger partial charge in [0.2, 0.25) is 0 Å². The second kappa shape index (κ2) is 11.6. The molecule has 2 aromatic carbocycles. The second-order valence-electron chi connectivity index (χ2n) is 10.0. The highest BCUT2D eigenvalue weighted by Gasteiger charge is 2.26. The molecule has 1 fully saturated rings. The van der Waals surface area contributed by atoms with Crippen LogP contribution in [0.25, 0.3) is 16.7 Å². The van der Waals surface area contributed by atoms with Crippen LogP contribution in [-0.4, -0.2) is 56.9 Å². The molecule has 1 aliphatic heterocycles. The van der Waals surface area contributed by atoms with E-state index in [1.54, 1.807) is 41.1 Å². The summed E-state index contributed by atoms with van der Waals surface area (Å²) in [5.74, 6) is 1.48. The van der Waals surface area contributed by atoms with E-state index in [-0.39, 0.29) is 17.8 Å². The number of hydrogen-bond donors (Lipinski definition) is 1. The van der Waals surface area contributed by atoms with E-state index in [0.717, 1.165) is 54.2 Å². The van der Waals surface area contributed by atoms with E-state index in [0.29, 0.717) is 36.0 Å². The molecule has 10 heteroatoms. The van der Waals surface area contributed by atoms with Crippen molar-refractivity contribution in [1.82, 2.24) is 24.6 Å². The molecular formula is C29H33ClFN7O. The van der Waals surface area contributed by atoms with Gasteiger partial charge in [0.1, 0.15) is 17.5 Å². The number of nitrogens with zero attached hydrogens (tertiary/aromatic N) is 6. The first-order valence-corrected chi connectivity index (χ1v) is 13.8. The zero-order valence-electron chi connectivity index (χ0n) is 22.5. The number of aryl methyl sites for hydroxylation is 1. The predicted octanol–water partition coefficient (Wildman–Crippen LogP) is 6.56. The van der Waals surface area contributed by atoms with Crippen LogP contribution in [-0.2, 0) is 0 Å². The van der Waals surface area contributed by atoms with Gasteiger partial charge in [-0.15, -0.1) is 0 Å². The van der Waals surface area contributed by atoms with Gasteiger partial charge in [-0.1, -0.05) is 31.9 Å². The summed E-state index contributed by atoms with van der Waals surface area (Å²) in [6.45, 7) is 8.82. The van der Waals surface area contributed by atoms with Gasteiger partial charge < -0.3 is 15.1 Å². The number of carbonyl (C=O) groups is 1. The topological polar surface area (TPSA) is 79.2 Å². The van der Waals surface area contributed by atoms with Crippen LogP contribution in [0.3, 0.4) is 0 Å². The minimum Gasteiger partial charge on any atom is -0.354 e. The van der Waals surface area contributed by atoms with Crippen molar-refractivity contribution in [2.45, 2.75) is 46.0 Å². The van der Waals surface area contributed by atoms with E-state index in [1.165, 1.54) is 12.1 Å². The first-order valence-electron chi connectivity index (χ1n) is 13.4. The molecule has 1 unspecified atom stereocenters. The number of halogens is 2. The Kier molecular flexibility index (Phi) is 7.97. The number of benzene rings is 2. The van der Waals surface area contributed by atoms with Gasteiger partial charge in [-0.3, -0.25) is 0 Å². The molecule has 0 spiro atoms. The van der Waals surface area contributed by atoms with Gasteiger partial charge >= 0.3 is 6.03 Å². The summed E-state index contributed by atoms with van der Waals surface area (Å²) in [5, 5.41) is 9.27. The molecule has 1 aliphatic rings. The smallest absolute Gasteiger partial charge is 0.321 e. The minimum absolute atomic E-state index is 0.135. The molecule has 8 nitrogen and oxygen atoms in total. The van der Waals surface area contributed by atoms with E-state index < -0.39 is 0 Å². The van der Waals surface area contributed by atoms with Gasteiger partial charge in [-0.25, -0.2) is 23.8 Å². The summed E-state index contributed by atoms with van der Waals surface area (Å²) < 4.78 is 15.4. The van der Waals surface area contributed by atoms with Gasteiger partial charge in [0.15, 0.2) is 5.65 Å². The summed E-state index contributed by atoms with van der Waals surface area (Å²) in [6.07, 6.45) is 2.79. The fraction of sp³-hybridized carbons (Fsp3) is 0.379. The van der Waals surface area contributed by atoms with Crippen molar-refractivity contribution in [3.8, 4) is 5.69 Å². The molecule has 2 amide bonds. The largest absolute Gasteiger partial charge is 0.354 e. The van der Waals surface area contributed by atoms with Gasteiger partial charge in [0.05, 0.1) is 16.8 Å². The summed E-state index contributed by atoms with van der Waals surface area (Å²) in [5.41, 5.74) is 2.97. The van der Waals surface area contributed by atoms with Crippen molar-refractivity contribution in [3.05, 3.63) is 70.9 Å². The van der Waals surface area contributed by atoms with Gasteiger partial charge in [0, 0.05) is 42.8 Å². The summed E-state index contributed by atoms with van der Waals surface area (Å²) in [7, 11) is 0. The molecule has 0 radical (unpaired) electrons. The van der Waals surface area contributed by atoms with Crippen LogP contribution in [0.5, 0.6) is 0 Å². The van der Waals surface area contributed by atoms with Gasteiger partial charge in [0.25, 0.3) is 0 Å². The molecule has 4 aromatic rings. The standard InChI is InChI=1S/C29H33ClFN7O/c1-4-6-19(2)26-33-27(25-20(3)35-38(28(25)34-26)24-13-9-22(31)10-14-24)36-15-5-16-37(18-17-36)29(39)32-23-11-7-21(30)8-12-23/h7-14,19H,4-6,15-18H2,1-3H3,(H,32,39). The Morgan fingerprint density at radius 1 is 1.05 bits per heavy atom. The lowest BCUT2D eigenvalue weighted by atomic mass is 10.1. The maximum atomic E-state index is 13.6. The lowest BCUT2D eigenvalue weighted by molar-refractivity contribution is 0.215. The summed E-state index contributed by atoms with van der Waals surface area (Å²) >= 11 is 5.98. The third-order valence-electron chi connectivity index (χ3n) is 7.11. The number of carbonyl (C=O) groups excluding carboxylic acids is 1. The number of fused-ring (bicyclic) bond motifs is 1. The number of aromatic nitrogens is 4. The van der Waals surface area contributed by atoms with E-state index in [1.807, 2.05) is 11.8 Å². The molecule has 0 bridgehead atoms. The van der Waals surface area contributed by atoms with Crippen LogP contribution in [0.2, 0.25) is 5.02 Å². The van der Waals surface area contributed by atoms with Crippen molar-refractivity contribution in [2.24, 2.45) is 0 Å². The molecule has 2 aromatic heterocycles. The number of urea groups is 1. The Morgan fingerprint density at radius 2 is 1.79 bits per heavy atom. The van der Waals surface area contributed by atoms with E-state index in [4.69, 9.17) is 26.7 Å². The van der Waals surface area contributed by atoms with Crippen molar-refractivity contribution in [3.63, 3.8) is 0 Å². The van der Waals surface area contributed by atoms with Crippen molar-refractivity contribution >= 4 is 40.2 Å². The maximum absolute atomic E-state index is 13.6. The molecule has 39 heavy (non-hydrogen) atoms. The fourth-order valence-corrected chi connectivity index (χ4v) is 5.15. The van der Waals surface area contributed by atoms with Crippen molar-refractivity contribution in [1.29, 1.82) is 0 Å². The average molecular weight is 550 g/mol.